The van der Waals surface area contributed by atoms with Crippen molar-refractivity contribution in [2.45, 2.75) is 153 Å². The van der Waals surface area contributed by atoms with Gasteiger partial charge in [0.05, 0.1) is 6.61 Å². The van der Waals surface area contributed by atoms with Crippen LogP contribution in [0.25, 0.3) is 0 Å². The number of unbranched alkanes of at least 4 members (excludes halogenated alkanes) is 10. The molecule has 268 valence electrons. The quantitative estimate of drug-likeness (QED) is 0.0352. The maximum absolute atomic E-state index is 12.5. The minimum atomic E-state index is -5.08. The molecule has 1 saturated carbocycles. The molecule has 0 aliphatic heterocycles. The van der Waals surface area contributed by atoms with Crippen molar-refractivity contribution in [2.75, 3.05) is 13.2 Å². The van der Waals surface area contributed by atoms with E-state index in [-0.39, 0.29) is 12.8 Å². The maximum atomic E-state index is 12.5. The number of carbonyl (C=O) groups is 2. The summed E-state index contributed by atoms with van der Waals surface area (Å²) in [4.78, 5) is 34.2. The second-order valence-electron chi connectivity index (χ2n) is 11.6. The topological polar surface area (TPSA) is 210 Å². The molecule has 0 radical (unpaired) electrons. The van der Waals surface area contributed by atoms with E-state index in [0.717, 1.165) is 57.8 Å². The molecule has 0 bridgehead atoms. The smallest absolute Gasteiger partial charge is 0.462 e. The summed E-state index contributed by atoms with van der Waals surface area (Å²) in [7, 11) is -5.08. The molecule has 6 N–H and O–H groups in total. The average Bonchev–Trinajstić information content (AvgIpc) is 3.03. The minimum Gasteiger partial charge on any atom is -0.462 e. The molecule has 13 nitrogen and oxygen atoms in total. The highest BCUT2D eigenvalue weighted by atomic mass is 31.2. The largest absolute Gasteiger partial charge is 0.472 e. The Bertz CT molecular complexity index is 927. The molecule has 46 heavy (non-hydrogen) atoms. The number of ether oxygens (including phenoxy) is 2. The lowest BCUT2D eigenvalue weighted by Crippen LogP contribution is -2.64. The van der Waals surface area contributed by atoms with E-state index in [0.29, 0.717) is 6.42 Å². The van der Waals surface area contributed by atoms with Crippen LogP contribution in [0.4, 0.5) is 0 Å². The Morgan fingerprint density at radius 2 is 1.22 bits per heavy atom. The normalized spacial score (nSPS) is 25.5. The molecule has 0 saturated heterocycles. The molecule has 0 heterocycles. The van der Waals surface area contributed by atoms with Gasteiger partial charge < -0.3 is 39.9 Å². The lowest BCUT2D eigenvalue weighted by Gasteiger charge is -2.41. The molecular formula is C32H57O13P. The molecule has 0 aromatic rings. The van der Waals surface area contributed by atoms with E-state index in [1.165, 1.54) is 19.3 Å². The van der Waals surface area contributed by atoms with Crippen LogP contribution in [0, 0.1) is 0 Å². The average molecular weight is 681 g/mol. The molecule has 6 atom stereocenters. The van der Waals surface area contributed by atoms with Crippen LogP contribution in [0.1, 0.15) is 110 Å². The van der Waals surface area contributed by atoms with Crippen molar-refractivity contribution in [3.05, 3.63) is 24.3 Å². The molecular weight excluding hydrogens is 623 g/mol. The van der Waals surface area contributed by atoms with Crippen LogP contribution in [0.5, 0.6) is 0 Å². The van der Waals surface area contributed by atoms with E-state index in [9.17, 15) is 44.6 Å². The van der Waals surface area contributed by atoms with Crippen LogP contribution < -0.4 is 0 Å². The third-order valence-corrected chi connectivity index (χ3v) is 8.59. The molecule has 1 aliphatic rings. The van der Waals surface area contributed by atoms with Gasteiger partial charge in [0.25, 0.3) is 0 Å². The molecule has 1 fully saturated rings. The summed E-state index contributed by atoms with van der Waals surface area (Å²) in [6, 6.07) is 0. The number of aliphatic hydroxyl groups excluding tert-OH is 5. The van der Waals surface area contributed by atoms with Crippen LogP contribution in [0.3, 0.4) is 0 Å². The molecule has 0 aromatic heterocycles. The summed E-state index contributed by atoms with van der Waals surface area (Å²) in [5.41, 5.74) is 0. The Hall–Kier alpha value is -1.67. The van der Waals surface area contributed by atoms with Crippen molar-refractivity contribution in [1.82, 2.24) is 0 Å². The summed E-state index contributed by atoms with van der Waals surface area (Å²) in [6.07, 6.45) is 9.76. The van der Waals surface area contributed by atoms with Crippen LogP contribution >= 0.6 is 7.82 Å². The first-order chi connectivity index (χ1) is 21.9. The van der Waals surface area contributed by atoms with E-state index in [2.05, 4.69) is 31.2 Å². The third kappa shape index (κ3) is 18.0. The first-order valence-corrected chi connectivity index (χ1v) is 18.1. The molecule has 0 aromatic carbocycles. The van der Waals surface area contributed by atoms with Gasteiger partial charge >= 0.3 is 19.8 Å². The van der Waals surface area contributed by atoms with Gasteiger partial charge in [-0.05, 0) is 38.5 Å². The zero-order valence-corrected chi connectivity index (χ0v) is 28.3. The monoisotopic (exact) mass is 680 g/mol. The third-order valence-electron chi connectivity index (χ3n) is 7.60. The second kappa shape index (κ2) is 24.5. The highest BCUT2D eigenvalue weighted by Gasteiger charge is 2.51. The zero-order chi connectivity index (χ0) is 34.4. The van der Waals surface area contributed by atoms with E-state index in [1.807, 2.05) is 0 Å². The van der Waals surface area contributed by atoms with Crippen molar-refractivity contribution in [2.24, 2.45) is 0 Å². The van der Waals surface area contributed by atoms with Gasteiger partial charge in [0.1, 0.15) is 43.2 Å². The van der Waals surface area contributed by atoms with Gasteiger partial charge in [-0.3, -0.25) is 18.6 Å². The number of aliphatic hydroxyl groups is 5. The molecule has 1 rings (SSSR count). The van der Waals surface area contributed by atoms with Gasteiger partial charge in [-0.15, -0.1) is 0 Å². The van der Waals surface area contributed by atoms with Crippen LogP contribution in [-0.2, 0) is 32.7 Å². The van der Waals surface area contributed by atoms with Gasteiger partial charge in [-0.1, -0.05) is 83.1 Å². The van der Waals surface area contributed by atoms with Crippen LogP contribution in [0.2, 0.25) is 0 Å². The van der Waals surface area contributed by atoms with Crippen molar-refractivity contribution in [3.63, 3.8) is 0 Å². The predicted octanol–water partition coefficient (Wildman–Crippen LogP) is 3.77. The summed E-state index contributed by atoms with van der Waals surface area (Å²) < 4.78 is 32.4. The molecule has 1 aliphatic carbocycles. The Labute approximate surface area is 273 Å². The first kappa shape index (κ1) is 42.4. The summed E-state index contributed by atoms with van der Waals surface area (Å²) in [5, 5.41) is 49.4. The number of hydrogen-bond acceptors (Lipinski definition) is 12. The van der Waals surface area contributed by atoms with Crippen molar-refractivity contribution in [1.29, 1.82) is 0 Å². The number of allylic oxidation sites excluding steroid dienone is 4. The summed E-state index contributed by atoms with van der Waals surface area (Å²) in [5.74, 6) is -1.21. The maximum Gasteiger partial charge on any atom is 0.472 e. The van der Waals surface area contributed by atoms with Crippen molar-refractivity contribution in [3.8, 4) is 0 Å². The fourth-order valence-corrected chi connectivity index (χ4v) is 5.74. The Kier molecular flexibility index (Phi) is 22.5. The highest BCUT2D eigenvalue weighted by molar-refractivity contribution is 7.47. The van der Waals surface area contributed by atoms with E-state index in [4.69, 9.17) is 18.5 Å². The van der Waals surface area contributed by atoms with Crippen LogP contribution in [0.15, 0.2) is 24.3 Å². The lowest BCUT2D eigenvalue weighted by molar-refractivity contribution is -0.220. The molecule has 6 unspecified atom stereocenters. The van der Waals surface area contributed by atoms with E-state index >= 15 is 0 Å². The fourth-order valence-electron chi connectivity index (χ4n) is 4.77. The SMILES string of the molecule is CCCCC/C=C\C/C=C\CCCCCCCCCC(=O)OC(COC(=O)CC)COP(=O)(O)OC1C(O)C(O)C(O)C(O)C1O. The van der Waals surface area contributed by atoms with E-state index in [1.54, 1.807) is 6.92 Å². The standard InChI is InChI=1S/C32H57O13P/c1-3-5-6-7-8-9-10-11-12-13-14-15-16-17-18-19-20-21-26(34)44-24(22-42-25(33)4-2)23-43-46(40,41)45-32-30(38)28(36)27(35)29(37)31(32)39/h8-9,11-12,24,27-32,35-39H,3-7,10,13-23H2,1-2H3,(H,40,41)/b9-8-,12-11-. The number of rotatable bonds is 25. The van der Waals surface area contributed by atoms with E-state index < -0.39 is 75.7 Å². The number of phosphoric ester groups is 1. The van der Waals surface area contributed by atoms with Crippen molar-refractivity contribution >= 4 is 19.8 Å². The molecule has 0 spiro atoms. The van der Waals surface area contributed by atoms with Gasteiger partial charge in [-0.2, -0.15) is 0 Å². The lowest BCUT2D eigenvalue weighted by atomic mass is 9.85. The number of phosphoric acid groups is 1. The highest BCUT2D eigenvalue weighted by Crippen LogP contribution is 2.47. The number of carbonyl (C=O) groups excluding carboxylic acids is 2. The Morgan fingerprint density at radius 3 is 1.78 bits per heavy atom. The molecule has 0 amide bonds. The van der Waals surface area contributed by atoms with Gasteiger partial charge in [0.2, 0.25) is 0 Å². The minimum absolute atomic E-state index is 0.0463. The number of hydrogen-bond donors (Lipinski definition) is 6. The van der Waals surface area contributed by atoms with Gasteiger partial charge in [0.15, 0.2) is 6.10 Å². The zero-order valence-electron chi connectivity index (χ0n) is 27.4. The van der Waals surface area contributed by atoms with Gasteiger partial charge in [0, 0.05) is 12.8 Å². The predicted molar refractivity (Wildman–Crippen MR) is 170 cm³/mol. The first-order valence-electron chi connectivity index (χ1n) is 16.6. The Balaban J connectivity index is 2.35. The Morgan fingerprint density at radius 1 is 0.696 bits per heavy atom. The summed E-state index contributed by atoms with van der Waals surface area (Å²) in [6.45, 7) is 2.57. The number of esters is 2. The molecule has 14 heteroatoms. The van der Waals surface area contributed by atoms with Crippen LogP contribution in [-0.4, -0.2) is 98.3 Å². The fraction of sp³-hybridized carbons (Fsp3) is 0.812. The summed E-state index contributed by atoms with van der Waals surface area (Å²) >= 11 is 0. The van der Waals surface area contributed by atoms with Gasteiger partial charge in [-0.25, -0.2) is 4.57 Å². The van der Waals surface area contributed by atoms with Crippen molar-refractivity contribution < 1.29 is 63.1 Å². The second-order valence-corrected chi connectivity index (χ2v) is 13.0.